The van der Waals surface area contributed by atoms with E-state index >= 15 is 0 Å². The van der Waals surface area contributed by atoms with E-state index in [-0.39, 0.29) is 17.1 Å². The molecular weight excluding hydrogens is 241 g/mol. The molecule has 1 heterocycles. The summed E-state index contributed by atoms with van der Waals surface area (Å²) in [6.07, 6.45) is 2.69. The fourth-order valence-corrected chi connectivity index (χ4v) is 1.32. The van der Waals surface area contributed by atoms with Gasteiger partial charge in [-0.1, -0.05) is 0 Å². The number of carboxylic acid groups (broad SMARTS) is 1. The predicted molar refractivity (Wildman–Crippen MR) is 61.5 cm³/mol. The second-order valence-corrected chi connectivity index (χ2v) is 3.39. The second kappa shape index (κ2) is 4.66. The third kappa shape index (κ3) is 2.34. The van der Waals surface area contributed by atoms with Gasteiger partial charge in [-0.05, 0) is 18.2 Å². The zero-order chi connectivity index (χ0) is 13.1. The van der Waals surface area contributed by atoms with E-state index in [4.69, 9.17) is 5.11 Å². The van der Waals surface area contributed by atoms with Gasteiger partial charge in [0.15, 0.2) is 5.82 Å². The zero-order valence-corrected chi connectivity index (χ0v) is 8.98. The van der Waals surface area contributed by atoms with Gasteiger partial charge in [0.1, 0.15) is 5.82 Å². The van der Waals surface area contributed by atoms with E-state index in [0.717, 1.165) is 6.07 Å². The molecule has 2 aromatic rings. The fourth-order valence-electron chi connectivity index (χ4n) is 1.32. The Bertz CT molecular complexity index is 654. The fraction of sp³-hybridized carbons (Fsp3) is 0. The number of aromatic nitrogens is 2. The van der Waals surface area contributed by atoms with E-state index in [1.807, 2.05) is 0 Å². The largest absolute Gasteiger partial charge is 0.478 e. The number of carboxylic acids is 1. The van der Waals surface area contributed by atoms with Crippen LogP contribution in [0.1, 0.15) is 10.4 Å². The molecule has 0 radical (unpaired) electrons. The third-order valence-corrected chi connectivity index (χ3v) is 2.18. The van der Waals surface area contributed by atoms with Crippen molar-refractivity contribution >= 4 is 17.5 Å². The number of nitrogens with one attached hydrogen (secondary N) is 2. The van der Waals surface area contributed by atoms with Crippen molar-refractivity contribution in [3.63, 3.8) is 0 Å². The molecule has 1 aromatic carbocycles. The molecule has 1 aromatic heterocycles. The van der Waals surface area contributed by atoms with Crippen LogP contribution in [0.4, 0.5) is 15.9 Å². The number of anilines is 2. The summed E-state index contributed by atoms with van der Waals surface area (Å²) < 4.78 is 13.6. The van der Waals surface area contributed by atoms with Crippen molar-refractivity contribution in [3.8, 4) is 0 Å². The maximum Gasteiger partial charge on any atom is 0.335 e. The number of aromatic carboxylic acids is 1. The van der Waals surface area contributed by atoms with Gasteiger partial charge >= 0.3 is 5.97 Å². The van der Waals surface area contributed by atoms with Gasteiger partial charge in [-0.15, -0.1) is 0 Å². The summed E-state index contributed by atoms with van der Waals surface area (Å²) in [5.41, 5.74) is -0.698. The molecular formula is C11H8FN3O3. The van der Waals surface area contributed by atoms with Gasteiger partial charge in [-0.2, -0.15) is 0 Å². The number of rotatable bonds is 3. The van der Waals surface area contributed by atoms with Gasteiger partial charge in [-0.25, -0.2) is 14.2 Å². The van der Waals surface area contributed by atoms with Crippen LogP contribution in [0.25, 0.3) is 0 Å². The first-order valence-corrected chi connectivity index (χ1v) is 4.91. The molecule has 0 aliphatic rings. The van der Waals surface area contributed by atoms with E-state index in [1.165, 1.54) is 24.5 Å². The first-order valence-electron chi connectivity index (χ1n) is 4.91. The molecule has 0 aliphatic carbocycles. The highest BCUT2D eigenvalue weighted by Gasteiger charge is 2.09. The molecule has 2 rings (SSSR count). The molecule has 0 saturated carbocycles. The highest BCUT2D eigenvalue weighted by Crippen LogP contribution is 2.18. The molecule has 92 valence electrons. The Balaban J connectivity index is 2.33. The van der Waals surface area contributed by atoms with Crippen LogP contribution in [-0.4, -0.2) is 21.0 Å². The average molecular weight is 249 g/mol. The van der Waals surface area contributed by atoms with Crippen molar-refractivity contribution in [1.82, 2.24) is 9.97 Å². The molecule has 7 heteroatoms. The summed E-state index contributed by atoms with van der Waals surface area (Å²) in [7, 11) is 0. The topological polar surface area (TPSA) is 95.1 Å². The monoisotopic (exact) mass is 249 g/mol. The van der Waals surface area contributed by atoms with Crippen molar-refractivity contribution in [2.75, 3.05) is 5.32 Å². The number of aromatic amines is 1. The Kier molecular flexibility index (Phi) is 3.05. The summed E-state index contributed by atoms with van der Waals surface area (Å²) in [4.78, 5) is 28.0. The minimum atomic E-state index is -1.23. The molecule has 0 saturated heterocycles. The Morgan fingerprint density at radius 1 is 1.44 bits per heavy atom. The van der Waals surface area contributed by atoms with Crippen LogP contribution in [0.5, 0.6) is 0 Å². The van der Waals surface area contributed by atoms with Crippen LogP contribution in [0.15, 0.2) is 35.4 Å². The average Bonchev–Trinajstić information content (AvgIpc) is 2.34. The molecule has 0 fully saturated rings. The molecule has 0 spiro atoms. The van der Waals surface area contributed by atoms with E-state index in [1.54, 1.807) is 0 Å². The number of carbonyl (C=O) groups is 1. The number of nitrogens with zero attached hydrogens (tertiary/aromatic N) is 1. The molecule has 0 atom stereocenters. The lowest BCUT2D eigenvalue weighted by atomic mass is 10.2. The molecule has 0 aliphatic heterocycles. The van der Waals surface area contributed by atoms with Gasteiger partial charge in [0.25, 0.3) is 5.56 Å². The Labute approximate surface area is 100 Å². The van der Waals surface area contributed by atoms with Gasteiger partial charge in [0.2, 0.25) is 0 Å². The lowest BCUT2D eigenvalue weighted by Gasteiger charge is -2.06. The Morgan fingerprint density at radius 3 is 2.83 bits per heavy atom. The van der Waals surface area contributed by atoms with Crippen LogP contribution in [0, 0.1) is 5.82 Å². The van der Waals surface area contributed by atoms with Gasteiger partial charge in [0, 0.05) is 12.4 Å². The quantitative estimate of drug-likeness (QED) is 0.763. The standard InChI is InChI=1S/C11H8FN3O3/c12-7-5-6(11(17)18)1-2-8(7)15-9-10(16)14-4-3-13-9/h1-5H,(H,13,15)(H,14,16)(H,17,18). The SMILES string of the molecule is O=C(O)c1ccc(Nc2ncc[nH]c2=O)c(F)c1. The van der Waals surface area contributed by atoms with Crippen LogP contribution in [0.3, 0.4) is 0 Å². The number of H-pyrrole nitrogens is 1. The van der Waals surface area contributed by atoms with E-state index < -0.39 is 17.3 Å². The van der Waals surface area contributed by atoms with E-state index in [0.29, 0.717) is 0 Å². The molecule has 18 heavy (non-hydrogen) atoms. The molecule has 0 amide bonds. The van der Waals surface area contributed by atoms with E-state index in [2.05, 4.69) is 15.3 Å². The maximum atomic E-state index is 13.6. The minimum absolute atomic E-state index is 0.0239. The lowest BCUT2D eigenvalue weighted by molar-refractivity contribution is 0.0696. The highest BCUT2D eigenvalue weighted by atomic mass is 19.1. The molecule has 3 N–H and O–H groups in total. The van der Waals surface area contributed by atoms with Crippen LogP contribution < -0.4 is 10.9 Å². The first kappa shape index (κ1) is 11.8. The summed E-state index contributed by atoms with van der Waals surface area (Å²) in [5.74, 6) is -2.07. The van der Waals surface area contributed by atoms with Crippen molar-refractivity contribution in [1.29, 1.82) is 0 Å². The van der Waals surface area contributed by atoms with E-state index in [9.17, 15) is 14.0 Å². The van der Waals surface area contributed by atoms with Crippen LogP contribution in [-0.2, 0) is 0 Å². The molecule has 6 nitrogen and oxygen atoms in total. The summed E-state index contributed by atoms with van der Waals surface area (Å²) in [5, 5.41) is 11.2. The number of hydrogen-bond acceptors (Lipinski definition) is 4. The van der Waals surface area contributed by atoms with Crippen molar-refractivity contribution in [2.45, 2.75) is 0 Å². The normalized spacial score (nSPS) is 10.1. The highest BCUT2D eigenvalue weighted by molar-refractivity contribution is 5.88. The zero-order valence-electron chi connectivity index (χ0n) is 8.98. The smallest absolute Gasteiger partial charge is 0.335 e. The van der Waals surface area contributed by atoms with Crippen molar-refractivity contribution in [2.24, 2.45) is 0 Å². The second-order valence-electron chi connectivity index (χ2n) is 3.39. The van der Waals surface area contributed by atoms with Crippen LogP contribution >= 0.6 is 0 Å². The Hall–Kier alpha value is -2.70. The van der Waals surface area contributed by atoms with Gasteiger partial charge in [-0.3, -0.25) is 4.79 Å². The summed E-state index contributed by atoms with van der Waals surface area (Å²) >= 11 is 0. The third-order valence-electron chi connectivity index (χ3n) is 2.18. The molecule has 0 unspecified atom stereocenters. The minimum Gasteiger partial charge on any atom is -0.478 e. The van der Waals surface area contributed by atoms with Crippen LogP contribution in [0.2, 0.25) is 0 Å². The van der Waals surface area contributed by atoms with Gasteiger partial charge < -0.3 is 15.4 Å². The predicted octanol–water partition coefficient (Wildman–Crippen LogP) is 1.35. The maximum absolute atomic E-state index is 13.6. The van der Waals surface area contributed by atoms with Crippen molar-refractivity contribution in [3.05, 3.63) is 52.3 Å². The number of hydrogen-bond donors (Lipinski definition) is 3. The number of halogens is 1. The summed E-state index contributed by atoms with van der Waals surface area (Å²) in [6, 6.07) is 3.32. The number of benzene rings is 1. The lowest BCUT2D eigenvalue weighted by Crippen LogP contribution is -2.13. The first-order chi connectivity index (χ1) is 8.58. The van der Waals surface area contributed by atoms with Gasteiger partial charge in [0.05, 0.1) is 11.3 Å². The molecule has 0 bridgehead atoms. The van der Waals surface area contributed by atoms with Crippen molar-refractivity contribution < 1.29 is 14.3 Å². The summed E-state index contributed by atoms with van der Waals surface area (Å²) in [6.45, 7) is 0. The Morgan fingerprint density at radius 2 is 2.22 bits per heavy atom.